The fourth-order valence-electron chi connectivity index (χ4n) is 11.5. The van der Waals surface area contributed by atoms with Crippen molar-refractivity contribution in [3.05, 3.63) is 267 Å². The van der Waals surface area contributed by atoms with Crippen LogP contribution in [0.3, 0.4) is 0 Å². The van der Waals surface area contributed by atoms with Gasteiger partial charge in [-0.2, -0.15) is 0 Å². The van der Waals surface area contributed by atoms with Crippen molar-refractivity contribution in [2.75, 3.05) is 0 Å². The third-order valence-electron chi connectivity index (χ3n) is 14.9. The molecule has 75 heavy (non-hydrogen) atoms. The van der Waals surface area contributed by atoms with E-state index in [2.05, 4.69) is 220 Å². The zero-order chi connectivity index (χ0) is 49.4. The van der Waals surface area contributed by atoms with E-state index < -0.39 is 0 Å². The van der Waals surface area contributed by atoms with Gasteiger partial charge < -0.3 is 13.7 Å². The Morgan fingerprint density at radius 2 is 0.653 bits per heavy atom. The van der Waals surface area contributed by atoms with Gasteiger partial charge in [0.1, 0.15) is 0 Å². The predicted molar refractivity (Wildman–Crippen MR) is 310 cm³/mol. The van der Waals surface area contributed by atoms with E-state index >= 15 is 0 Å². The maximum absolute atomic E-state index is 5.03. The summed E-state index contributed by atoms with van der Waals surface area (Å²) >= 11 is 0. The smallest absolute Gasteiger partial charge is 0.164 e. The van der Waals surface area contributed by atoms with Crippen LogP contribution in [-0.2, 0) is 0 Å². The molecule has 6 nitrogen and oxygen atoms in total. The zero-order valence-electron chi connectivity index (χ0n) is 40.6. The fourth-order valence-corrected chi connectivity index (χ4v) is 11.5. The van der Waals surface area contributed by atoms with Crippen molar-refractivity contribution in [2.45, 2.75) is 0 Å². The second-order valence-corrected chi connectivity index (χ2v) is 19.2. The topological polar surface area (TPSA) is 53.5 Å². The number of rotatable bonds is 8. The number of hydrogen-bond acceptors (Lipinski definition) is 3. The molecule has 0 spiro atoms. The summed E-state index contributed by atoms with van der Waals surface area (Å²) in [7, 11) is 0. The maximum Gasteiger partial charge on any atom is 0.164 e. The molecule has 0 saturated heterocycles. The summed E-state index contributed by atoms with van der Waals surface area (Å²) in [5, 5.41) is 7.31. The van der Waals surface area contributed by atoms with Crippen LogP contribution in [0.15, 0.2) is 267 Å². The number of fused-ring (bicyclic) bond motifs is 9. The van der Waals surface area contributed by atoms with Gasteiger partial charge in [0.15, 0.2) is 17.5 Å². The highest BCUT2D eigenvalue weighted by Crippen LogP contribution is 2.45. The molecular formula is C69H44N6. The van der Waals surface area contributed by atoms with E-state index in [4.69, 9.17) is 15.0 Å². The molecule has 0 radical (unpaired) electrons. The van der Waals surface area contributed by atoms with Crippen molar-refractivity contribution in [1.29, 1.82) is 0 Å². The molecule has 0 atom stereocenters. The van der Waals surface area contributed by atoms with Crippen molar-refractivity contribution in [3.63, 3.8) is 0 Å². The first-order valence-corrected chi connectivity index (χ1v) is 25.4. The van der Waals surface area contributed by atoms with E-state index in [1.54, 1.807) is 0 Å². The number of aromatic nitrogens is 6. The maximum atomic E-state index is 5.03. The van der Waals surface area contributed by atoms with Crippen LogP contribution in [0.2, 0.25) is 0 Å². The summed E-state index contributed by atoms with van der Waals surface area (Å²) in [6.45, 7) is 0. The Hall–Kier alpha value is -10.2. The molecule has 0 unspecified atom stereocenters. The van der Waals surface area contributed by atoms with Crippen molar-refractivity contribution in [2.24, 2.45) is 0 Å². The Balaban J connectivity index is 0.938. The Morgan fingerprint density at radius 1 is 0.227 bits per heavy atom. The average Bonchev–Trinajstić information content (AvgIpc) is 4.18. The molecular weight excluding hydrogens is 913 g/mol. The first-order valence-electron chi connectivity index (χ1n) is 25.4. The summed E-state index contributed by atoms with van der Waals surface area (Å²) in [5.41, 5.74) is 17.6. The molecule has 0 N–H and O–H groups in total. The Bertz CT molecular complexity index is 4520. The SMILES string of the molecule is c1ccc(-c2nc(-c3ccccc3)nc(-c3ccc(-c4ccc(-c5cccc6c5c5ccc(-n7c8ccccc8c8ccccc87)cc5n6-c5ccccc5)c(-n5c6ccccc6c6ccccc65)c4)cc3)n2)cc1. The third kappa shape index (κ3) is 6.92. The number of hydrogen-bond donors (Lipinski definition) is 0. The summed E-state index contributed by atoms with van der Waals surface area (Å²) in [6.07, 6.45) is 0. The molecule has 350 valence electrons. The number of nitrogens with zero attached hydrogens (tertiary/aromatic N) is 6. The lowest BCUT2D eigenvalue weighted by molar-refractivity contribution is 1.07. The largest absolute Gasteiger partial charge is 0.309 e. The lowest BCUT2D eigenvalue weighted by atomic mass is 9.94. The summed E-state index contributed by atoms with van der Waals surface area (Å²) < 4.78 is 7.33. The van der Waals surface area contributed by atoms with E-state index in [1.165, 1.54) is 43.4 Å². The predicted octanol–water partition coefficient (Wildman–Crippen LogP) is 17.5. The molecule has 0 aliphatic heterocycles. The van der Waals surface area contributed by atoms with Crippen molar-refractivity contribution >= 4 is 65.4 Å². The van der Waals surface area contributed by atoms with E-state index in [0.29, 0.717) is 17.5 Å². The first-order chi connectivity index (χ1) is 37.2. The van der Waals surface area contributed by atoms with Gasteiger partial charge in [-0.1, -0.05) is 206 Å². The van der Waals surface area contributed by atoms with E-state index in [9.17, 15) is 0 Å². The van der Waals surface area contributed by atoms with Gasteiger partial charge >= 0.3 is 0 Å². The number of benzene rings is 11. The molecule has 0 bridgehead atoms. The molecule has 15 aromatic rings. The molecule has 0 aliphatic carbocycles. The van der Waals surface area contributed by atoms with Gasteiger partial charge in [0.2, 0.25) is 0 Å². The van der Waals surface area contributed by atoms with Crippen LogP contribution < -0.4 is 0 Å². The van der Waals surface area contributed by atoms with Gasteiger partial charge in [-0.3, -0.25) is 0 Å². The first kappa shape index (κ1) is 42.5. The van der Waals surface area contributed by atoms with Gasteiger partial charge in [0.25, 0.3) is 0 Å². The molecule has 0 fully saturated rings. The molecule has 0 amide bonds. The molecule has 6 heteroatoms. The van der Waals surface area contributed by atoms with Gasteiger partial charge in [0, 0.05) is 65.9 Å². The molecule has 11 aromatic carbocycles. The highest BCUT2D eigenvalue weighted by molar-refractivity contribution is 6.18. The van der Waals surface area contributed by atoms with Crippen molar-refractivity contribution in [3.8, 4) is 73.5 Å². The van der Waals surface area contributed by atoms with Crippen LogP contribution >= 0.6 is 0 Å². The zero-order valence-corrected chi connectivity index (χ0v) is 40.6. The van der Waals surface area contributed by atoms with Gasteiger partial charge in [0.05, 0.1) is 38.8 Å². The van der Waals surface area contributed by atoms with Gasteiger partial charge in [-0.05, 0) is 77.4 Å². The molecule has 0 saturated carbocycles. The van der Waals surface area contributed by atoms with Crippen LogP contribution in [0.4, 0.5) is 0 Å². The minimum Gasteiger partial charge on any atom is -0.309 e. The van der Waals surface area contributed by atoms with E-state index in [1.807, 2.05) is 60.7 Å². The van der Waals surface area contributed by atoms with Crippen LogP contribution in [0.1, 0.15) is 0 Å². The van der Waals surface area contributed by atoms with E-state index in [0.717, 1.165) is 78.1 Å². The normalized spacial score (nSPS) is 11.7. The highest BCUT2D eigenvalue weighted by atomic mass is 15.0. The van der Waals surface area contributed by atoms with Crippen LogP contribution in [0, 0.1) is 0 Å². The van der Waals surface area contributed by atoms with Crippen molar-refractivity contribution in [1.82, 2.24) is 28.7 Å². The van der Waals surface area contributed by atoms with Crippen LogP contribution in [-0.4, -0.2) is 28.7 Å². The molecule has 4 aromatic heterocycles. The molecule has 4 heterocycles. The molecule has 0 aliphatic rings. The second-order valence-electron chi connectivity index (χ2n) is 19.2. The lowest BCUT2D eigenvalue weighted by Crippen LogP contribution is -2.00. The Labute approximate surface area is 432 Å². The number of para-hydroxylation sites is 5. The van der Waals surface area contributed by atoms with Gasteiger partial charge in [-0.25, -0.2) is 15.0 Å². The molecule has 15 rings (SSSR count). The fraction of sp³-hybridized carbons (Fsp3) is 0. The van der Waals surface area contributed by atoms with Crippen LogP contribution in [0.25, 0.3) is 139 Å². The highest BCUT2D eigenvalue weighted by Gasteiger charge is 2.23. The van der Waals surface area contributed by atoms with Crippen molar-refractivity contribution < 1.29 is 0 Å². The monoisotopic (exact) mass is 956 g/mol. The average molecular weight is 957 g/mol. The quantitative estimate of drug-likeness (QED) is 0.152. The summed E-state index contributed by atoms with van der Waals surface area (Å²) in [6, 6.07) is 95.6. The second kappa shape index (κ2) is 17.3. The Morgan fingerprint density at radius 3 is 1.20 bits per heavy atom. The minimum absolute atomic E-state index is 0.625. The van der Waals surface area contributed by atoms with E-state index in [-0.39, 0.29) is 0 Å². The summed E-state index contributed by atoms with van der Waals surface area (Å²) in [4.78, 5) is 15.0. The lowest BCUT2D eigenvalue weighted by Gasteiger charge is -2.17. The third-order valence-corrected chi connectivity index (χ3v) is 14.9. The van der Waals surface area contributed by atoms with Crippen LogP contribution in [0.5, 0.6) is 0 Å². The standard InChI is InChI=1S/C69H44N6/c1-4-19-46(20-5-1)67-70-68(47-21-6-2-7-22-47)72-69(71-67)48-37-35-45(36-38-48)49-39-41-56(64(43-49)75-61-32-16-12-27-54(61)55-28-13-17-33-62(55)75)57-29-18-34-63-66(57)58-42-40-51(44-65(58)73(63)50-23-8-3-9-24-50)74-59-30-14-10-25-52(59)53-26-11-15-31-60(53)74/h1-44H. The Kier molecular flexibility index (Phi) is 9.78. The minimum atomic E-state index is 0.625. The summed E-state index contributed by atoms with van der Waals surface area (Å²) in [5.74, 6) is 1.90. The van der Waals surface area contributed by atoms with Gasteiger partial charge in [-0.15, -0.1) is 0 Å².